The van der Waals surface area contributed by atoms with E-state index < -0.39 is 112 Å². The van der Waals surface area contributed by atoms with Crippen molar-refractivity contribution in [2.75, 3.05) is 19.8 Å². The number of hydrogen-bond acceptors (Lipinski definition) is 16. The summed E-state index contributed by atoms with van der Waals surface area (Å²) >= 11 is 0. The molecule has 16 heteroatoms. The monoisotopic (exact) mass is 504 g/mol. The maximum absolute atomic E-state index is 10.6. The van der Waals surface area contributed by atoms with Gasteiger partial charge in [0.1, 0.15) is 73.2 Å². The molecule has 0 bridgehead atoms. The van der Waals surface area contributed by atoms with Crippen molar-refractivity contribution < 1.29 is 79.9 Å². The van der Waals surface area contributed by atoms with Gasteiger partial charge < -0.3 is 79.9 Å². The number of rotatable bonds is 7. The van der Waals surface area contributed by atoms with Crippen LogP contribution in [0.3, 0.4) is 0 Å². The van der Waals surface area contributed by atoms with Crippen molar-refractivity contribution in [1.29, 1.82) is 0 Å². The Morgan fingerprint density at radius 2 is 0.853 bits per heavy atom. The lowest BCUT2D eigenvalue weighted by molar-refractivity contribution is -0.377. The maximum Gasteiger partial charge on any atom is 0.187 e. The third-order valence-corrected chi connectivity index (χ3v) is 6.09. The predicted molar refractivity (Wildman–Crippen MR) is 101 cm³/mol. The summed E-state index contributed by atoms with van der Waals surface area (Å²) in [5, 5.41) is 109. The molecule has 11 N–H and O–H groups in total. The van der Waals surface area contributed by atoms with Crippen molar-refractivity contribution in [2.24, 2.45) is 0 Å². The normalized spacial score (nSPS) is 52.5. The molecule has 0 aliphatic carbocycles. The van der Waals surface area contributed by atoms with Gasteiger partial charge in [0.15, 0.2) is 18.9 Å². The molecule has 3 aliphatic heterocycles. The molecule has 3 rings (SSSR count). The Morgan fingerprint density at radius 3 is 1.35 bits per heavy atom. The standard InChI is InChI=1S/C18H32O16/c19-1-4-7(22)8(23)12(27)17(31-4)34-15-6(3-21)32-18(13(28)10(15)25)33-14-5(2-20)30-16(29)11(26)9(14)24/h4-29H,1-3H2/t4?,5?,6?,7-,8?,9?,10?,11?,12?,13?,14-,15-,16?,17-,18-/m1/s1. The van der Waals surface area contributed by atoms with Gasteiger partial charge in [0.25, 0.3) is 0 Å². The van der Waals surface area contributed by atoms with Gasteiger partial charge >= 0.3 is 0 Å². The van der Waals surface area contributed by atoms with Crippen LogP contribution >= 0.6 is 0 Å². The number of ether oxygens (including phenoxy) is 5. The highest BCUT2D eigenvalue weighted by Crippen LogP contribution is 2.32. The minimum absolute atomic E-state index is 0.741. The largest absolute Gasteiger partial charge is 0.394 e. The molecule has 3 aliphatic rings. The molecule has 0 aromatic heterocycles. The van der Waals surface area contributed by atoms with Gasteiger partial charge in [-0.15, -0.1) is 0 Å². The molecule has 3 saturated heterocycles. The Hall–Kier alpha value is -0.640. The van der Waals surface area contributed by atoms with Crippen molar-refractivity contribution in [3.63, 3.8) is 0 Å². The van der Waals surface area contributed by atoms with Crippen LogP contribution in [0, 0.1) is 0 Å². The first kappa shape index (κ1) is 27.9. The lowest BCUT2D eigenvalue weighted by Crippen LogP contribution is -2.66. The third kappa shape index (κ3) is 5.37. The first-order valence-corrected chi connectivity index (χ1v) is 10.6. The van der Waals surface area contributed by atoms with Crippen LogP contribution in [-0.4, -0.2) is 168 Å². The highest BCUT2D eigenvalue weighted by molar-refractivity contribution is 4.96. The van der Waals surface area contributed by atoms with Gasteiger partial charge in [-0.1, -0.05) is 0 Å². The van der Waals surface area contributed by atoms with Crippen LogP contribution in [0.15, 0.2) is 0 Å². The van der Waals surface area contributed by atoms with Crippen LogP contribution in [0.4, 0.5) is 0 Å². The zero-order chi connectivity index (χ0) is 25.3. The van der Waals surface area contributed by atoms with Gasteiger partial charge in [0, 0.05) is 0 Å². The van der Waals surface area contributed by atoms with E-state index in [2.05, 4.69) is 0 Å². The molecule has 0 aromatic carbocycles. The van der Waals surface area contributed by atoms with Crippen molar-refractivity contribution in [3.05, 3.63) is 0 Å². The molecule has 0 spiro atoms. The fraction of sp³-hybridized carbons (Fsp3) is 1.00. The van der Waals surface area contributed by atoms with Gasteiger partial charge in [0.2, 0.25) is 0 Å². The van der Waals surface area contributed by atoms with E-state index in [-0.39, 0.29) is 0 Å². The summed E-state index contributed by atoms with van der Waals surface area (Å²) in [6.07, 6.45) is -25.1. The van der Waals surface area contributed by atoms with Crippen LogP contribution in [0.2, 0.25) is 0 Å². The summed E-state index contributed by atoms with van der Waals surface area (Å²) in [7, 11) is 0. The van der Waals surface area contributed by atoms with E-state index >= 15 is 0 Å². The molecule has 16 nitrogen and oxygen atoms in total. The summed E-state index contributed by atoms with van der Waals surface area (Å²) in [5.41, 5.74) is 0. The Morgan fingerprint density at radius 1 is 0.441 bits per heavy atom. The van der Waals surface area contributed by atoms with Crippen molar-refractivity contribution >= 4 is 0 Å². The Bertz CT molecular complexity index is 635. The second-order valence-corrected chi connectivity index (χ2v) is 8.33. The fourth-order valence-corrected chi connectivity index (χ4v) is 4.06. The molecular formula is C18H32O16. The molecule has 3 heterocycles. The molecule has 200 valence electrons. The molecule has 0 aromatic rings. The first-order valence-electron chi connectivity index (χ1n) is 10.6. The summed E-state index contributed by atoms with van der Waals surface area (Å²) in [5.74, 6) is 0. The Labute approximate surface area is 192 Å². The van der Waals surface area contributed by atoms with E-state index in [4.69, 9.17) is 23.7 Å². The van der Waals surface area contributed by atoms with Crippen LogP contribution in [-0.2, 0) is 23.7 Å². The van der Waals surface area contributed by atoms with Gasteiger partial charge in [-0.05, 0) is 0 Å². The quantitative estimate of drug-likeness (QED) is 0.154. The lowest BCUT2D eigenvalue weighted by atomic mass is 9.96. The minimum Gasteiger partial charge on any atom is -0.394 e. The third-order valence-electron chi connectivity index (χ3n) is 6.09. The zero-order valence-electron chi connectivity index (χ0n) is 17.7. The molecule has 34 heavy (non-hydrogen) atoms. The van der Waals surface area contributed by atoms with E-state index in [1.165, 1.54) is 0 Å². The molecule has 3 fully saturated rings. The predicted octanol–water partition coefficient (Wildman–Crippen LogP) is -7.57. The maximum atomic E-state index is 10.6. The summed E-state index contributed by atoms with van der Waals surface area (Å²) in [6, 6.07) is 0. The Kier molecular flexibility index (Phi) is 9.54. The van der Waals surface area contributed by atoms with E-state index in [9.17, 15) is 56.2 Å². The SMILES string of the molecule is OCC1O[C@H](O[C@@H]2C(CO)O[C@H](O[C@@H]3C(CO)OC(O)C(O)C3O)C(O)C2O)C(O)C(O)[C@@H]1O. The highest BCUT2D eigenvalue weighted by atomic mass is 16.8. The molecule has 0 saturated carbocycles. The summed E-state index contributed by atoms with van der Waals surface area (Å²) in [4.78, 5) is 0. The van der Waals surface area contributed by atoms with E-state index in [1.807, 2.05) is 0 Å². The second kappa shape index (κ2) is 11.6. The second-order valence-electron chi connectivity index (χ2n) is 8.33. The van der Waals surface area contributed by atoms with Crippen molar-refractivity contribution in [2.45, 2.75) is 92.1 Å². The Balaban J connectivity index is 1.72. The van der Waals surface area contributed by atoms with Crippen LogP contribution < -0.4 is 0 Å². The van der Waals surface area contributed by atoms with Crippen LogP contribution in [0.5, 0.6) is 0 Å². The van der Waals surface area contributed by atoms with E-state index in [1.54, 1.807) is 0 Å². The smallest absolute Gasteiger partial charge is 0.187 e. The molecule has 0 amide bonds. The first-order chi connectivity index (χ1) is 16.0. The van der Waals surface area contributed by atoms with Gasteiger partial charge in [-0.3, -0.25) is 0 Å². The molecule has 0 radical (unpaired) electrons. The van der Waals surface area contributed by atoms with Crippen LogP contribution in [0.25, 0.3) is 0 Å². The van der Waals surface area contributed by atoms with Crippen molar-refractivity contribution in [1.82, 2.24) is 0 Å². The number of aliphatic hydroxyl groups is 11. The topological polar surface area (TPSA) is 269 Å². The van der Waals surface area contributed by atoms with Gasteiger partial charge in [-0.2, -0.15) is 0 Å². The molecule has 15 atom stereocenters. The summed E-state index contributed by atoms with van der Waals surface area (Å²) < 4.78 is 26.4. The van der Waals surface area contributed by atoms with Crippen LogP contribution in [0.1, 0.15) is 0 Å². The minimum atomic E-state index is -1.91. The van der Waals surface area contributed by atoms with E-state index in [0.717, 1.165) is 0 Å². The lowest BCUT2D eigenvalue weighted by Gasteiger charge is -2.47. The fourth-order valence-electron chi connectivity index (χ4n) is 4.06. The van der Waals surface area contributed by atoms with Crippen molar-refractivity contribution in [3.8, 4) is 0 Å². The number of hydrogen-bond donors (Lipinski definition) is 11. The number of aliphatic hydroxyl groups excluding tert-OH is 11. The highest BCUT2D eigenvalue weighted by Gasteiger charge is 2.53. The van der Waals surface area contributed by atoms with Gasteiger partial charge in [-0.25, -0.2) is 0 Å². The van der Waals surface area contributed by atoms with Gasteiger partial charge in [0.05, 0.1) is 19.8 Å². The zero-order valence-corrected chi connectivity index (χ0v) is 17.7. The molecule has 10 unspecified atom stereocenters. The average Bonchev–Trinajstić information content (AvgIpc) is 2.83. The van der Waals surface area contributed by atoms with E-state index in [0.29, 0.717) is 0 Å². The average molecular weight is 504 g/mol. The molecular weight excluding hydrogens is 472 g/mol. The summed E-state index contributed by atoms with van der Waals surface area (Å²) in [6.45, 7) is -2.32.